The molecule has 0 aliphatic heterocycles. The lowest BCUT2D eigenvalue weighted by Crippen LogP contribution is -2.24. The molecule has 0 bridgehead atoms. The Kier molecular flexibility index (Phi) is 6.35. The summed E-state index contributed by atoms with van der Waals surface area (Å²) in [6.07, 6.45) is 0. The average molecular weight is 476 g/mol. The van der Waals surface area contributed by atoms with Gasteiger partial charge in [-0.2, -0.15) is 0 Å². The summed E-state index contributed by atoms with van der Waals surface area (Å²) in [4.78, 5) is 36.3. The number of benzene rings is 2. The third-order valence-corrected chi connectivity index (χ3v) is 6.21. The maximum Gasteiger partial charge on any atom is 0.420 e. The highest BCUT2D eigenvalue weighted by molar-refractivity contribution is 8.01. The van der Waals surface area contributed by atoms with Gasteiger partial charge in [0.15, 0.2) is 9.92 Å². The van der Waals surface area contributed by atoms with E-state index in [4.69, 9.17) is 16.0 Å². The molecule has 4 aromatic rings. The first-order chi connectivity index (χ1) is 15.0. The maximum atomic E-state index is 12.3. The summed E-state index contributed by atoms with van der Waals surface area (Å²) in [5.41, 5.74) is 1.58. The minimum absolute atomic E-state index is 0.127. The van der Waals surface area contributed by atoms with Crippen molar-refractivity contribution in [3.63, 3.8) is 0 Å². The normalized spacial score (nSPS) is 10.9. The molecule has 9 nitrogen and oxygen atoms in total. The highest BCUT2D eigenvalue weighted by Gasteiger charge is 2.15. The Morgan fingerprint density at radius 3 is 2.65 bits per heavy atom. The number of nitrogens with one attached hydrogen (secondary N) is 2. The molecule has 0 aliphatic rings. The van der Waals surface area contributed by atoms with Crippen molar-refractivity contribution in [3.8, 4) is 0 Å². The zero-order valence-corrected chi connectivity index (χ0v) is 18.1. The molecule has 2 aromatic carbocycles. The van der Waals surface area contributed by atoms with Crippen molar-refractivity contribution < 1.29 is 14.0 Å². The van der Waals surface area contributed by atoms with E-state index < -0.39 is 11.7 Å². The van der Waals surface area contributed by atoms with Crippen molar-refractivity contribution >= 4 is 68.4 Å². The Hall–Kier alpha value is -3.15. The van der Waals surface area contributed by atoms with Crippen LogP contribution in [0.4, 0.5) is 10.8 Å². The zero-order valence-electron chi connectivity index (χ0n) is 15.7. The fourth-order valence-corrected chi connectivity index (χ4v) is 4.34. The Balaban J connectivity index is 1.30. The summed E-state index contributed by atoms with van der Waals surface area (Å²) in [5, 5.41) is 14.1. The predicted molar refractivity (Wildman–Crippen MR) is 120 cm³/mol. The second kappa shape index (κ2) is 9.33. The molecule has 0 unspecified atom stereocenters. The highest BCUT2D eigenvalue weighted by atomic mass is 35.5. The van der Waals surface area contributed by atoms with Crippen LogP contribution in [0.1, 0.15) is 0 Å². The van der Waals surface area contributed by atoms with E-state index in [0.29, 0.717) is 26.1 Å². The lowest BCUT2D eigenvalue weighted by atomic mass is 10.3. The molecule has 0 radical (unpaired) electrons. The number of carbonyl (C=O) groups is 2. The van der Waals surface area contributed by atoms with E-state index in [-0.39, 0.29) is 23.3 Å². The third kappa shape index (κ3) is 5.32. The molecule has 4 rings (SSSR count). The summed E-state index contributed by atoms with van der Waals surface area (Å²) in [5.74, 6) is -1.14. The van der Waals surface area contributed by atoms with E-state index in [2.05, 4.69) is 20.8 Å². The van der Waals surface area contributed by atoms with Gasteiger partial charge in [0.25, 0.3) is 0 Å². The number of hydrogen-bond donors (Lipinski definition) is 2. The Labute approximate surface area is 188 Å². The van der Waals surface area contributed by atoms with Crippen LogP contribution in [-0.2, 0) is 16.1 Å². The van der Waals surface area contributed by atoms with E-state index in [1.54, 1.807) is 48.5 Å². The van der Waals surface area contributed by atoms with Crippen LogP contribution in [0, 0.1) is 0 Å². The van der Waals surface area contributed by atoms with Gasteiger partial charge in [-0.05, 0) is 36.4 Å². The largest absolute Gasteiger partial charge is 0.420 e. The molecule has 0 aliphatic carbocycles. The Morgan fingerprint density at radius 1 is 1.06 bits per heavy atom. The first-order valence-corrected chi connectivity index (χ1v) is 11.1. The van der Waals surface area contributed by atoms with Gasteiger partial charge in [0.2, 0.25) is 16.9 Å². The number of carbonyl (C=O) groups excluding carboxylic acids is 2. The van der Waals surface area contributed by atoms with Gasteiger partial charge in [0.1, 0.15) is 6.54 Å². The van der Waals surface area contributed by atoms with Crippen LogP contribution >= 0.6 is 34.7 Å². The molecule has 12 heteroatoms. The lowest BCUT2D eigenvalue weighted by Gasteiger charge is -2.03. The summed E-state index contributed by atoms with van der Waals surface area (Å²) >= 11 is 8.14. The van der Waals surface area contributed by atoms with E-state index >= 15 is 0 Å². The van der Waals surface area contributed by atoms with E-state index in [0.717, 1.165) is 11.3 Å². The smallest absolute Gasteiger partial charge is 0.408 e. The Morgan fingerprint density at radius 2 is 1.84 bits per heavy atom. The minimum atomic E-state index is -0.614. The van der Waals surface area contributed by atoms with Crippen molar-refractivity contribution in [2.45, 2.75) is 10.9 Å². The molecule has 0 fully saturated rings. The Bertz CT molecular complexity index is 1300. The first kappa shape index (κ1) is 21.1. The van der Waals surface area contributed by atoms with Crippen LogP contribution in [0.3, 0.4) is 0 Å². The highest BCUT2D eigenvalue weighted by Crippen LogP contribution is 2.25. The molecule has 0 saturated heterocycles. The number of thioether (sulfide) groups is 1. The van der Waals surface area contributed by atoms with E-state index in [1.165, 1.54) is 16.3 Å². The van der Waals surface area contributed by atoms with E-state index in [9.17, 15) is 14.4 Å². The van der Waals surface area contributed by atoms with Crippen molar-refractivity contribution in [2.24, 2.45) is 0 Å². The number of hydrogen-bond acceptors (Lipinski definition) is 8. The monoisotopic (exact) mass is 475 g/mol. The van der Waals surface area contributed by atoms with Crippen LogP contribution in [-0.4, -0.2) is 32.3 Å². The van der Waals surface area contributed by atoms with Crippen molar-refractivity contribution in [1.82, 2.24) is 14.8 Å². The van der Waals surface area contributed by atoms with Gasteiger partial charge in [-0.15, -0.1) is 10.2 Å². The van der Waals surface area contributed by atoms with Crippen LogP contribution in [0.5, 0.6) is 0 Å². The van der Waals surface area contributed by atoms with Gasteiger partial charge in [0.05, 0.1) is 11.3 Å². The number of halogens is 1. The number of aromatic nitrogens is 3. The molecular weight excluding hydrogens is 462 g/mol. The molecule has 158 valence electrons. The summed E-state index contributed by atoms with van der Waals surface area (Å²) in [7, 11) is 0. The number of rotatable bonds is 7. The van der Waals surface area contributed by atoms with Gasteiger partial charge in [-0.25, -0.2) is 4.79 Å². The van der Waals surface area contributed by atoms with Gasteiger partial charge in [-0.3, -0.25) is 19.5 Å². The van der Waals surface area contributed by atoms with Crippen molar-refractivity contribution in [3.05, 3.63) is 64.1 Å². The van der Waals surface area contributed by atoms with Gasteiger partial charge >= 0.3 is 5.76 Å². The van der Waals surface area contributed by atoms with Crippen LogP contribution in [0.25, 0.3) is 11.1 Å². The molecule has 2 aromatic heterocycles. The lowest BCUT2D eigenvalue weighted by molar-refractivity contribution is -0.117. The summed E-state index contributed by atoms with van der Waals surface area (Å²) in [6, 6.07) is 13.6. The third-order valence-electron chi connectivity index (χ3n) is 3.98. The van der Waals surface area contributed by atoms with Crippen LogP contribution in [0.15, 0.2) is 62.1 Å². The molecular formula is C19H14ClN5O4S2. The van der Waals surface area contributed by atoms with Gasteiger partial charge in [-0.1, -0.05) is 46.8 Å². The standard InChI is InChI=1S/C19H14ClN5O4S2/c20-11-5-7-12(8-6-11)21-16(27)10-30-18-24-23-17(31-18)22-15(26)9-25-13-3-1-2-4-14(13)29-19(25)28/h1-8H,9-10H2,(H,21,27)(H,22,23,26). The molecule has 0 saturated carbocycles. The SMILES string of the molecule is O=C(CSc1nnc(NC(=O)Cn2c(=O)oc3ccccc32)s1)Nc1ccc(Cl)cc1. The minimum Gasteiger partial charge on any atom is -0.408 e. The molecule has 0 atom stereocenters. The average Bonchev–Trinajstić information content (AvgIpc) is 3.32. The van der Waals surface area contributed by atoms with Gasteiger partial charge < -0.3 is 9.73 Å². The van der Waals surface area contributed by atoms with Crippen LogP contribution < -0.4 is 16.4 Å². The number of amides is 2. The molecule has 2 amide bonds. The molecule has 2 heterocycles. The van der Waals surface area contributed by atoms with Crippen molar-refractivity contribution in [2.75, 3.05) is 16.4 Å². The fraction of sp³-hybridized carbons (Fsp3) is 0.105. The summed E-state index contributed by atoms with van der Waals surface area (Å²) < 4.78 is 6.87. The first-order valence-electron chi connectivity index (χ1n) is 8.88. The molecule has 31 heavy (non-hydrogen) atoms. The molecule has 0 spiro atoms. The van der Waals surface area contributed by atoms with E-state index in [1.807, 2.05) is 0 Å². The second-order valence-corrected chi connectivity index (χ2v) is 8.82. The predicted octanol–water partition coefficient (Wildman–Crippen LogP) is 3.47. The number of nitrogens with zero attached hydrogens (tertiary/aromatic N) is 3. The summed E-state index contributed by atoms with van der Waals surface area (Å²) in [6.45, 7) is -0.221. The van der Waals surface area contributed by atoms with Crippen LogP contribution in [0.2, 0.25) is 5.02 Å². The fourth-order valence-electron chi connectivity index (χ4n) is 2.64. The molecule has 2 N–H and O–H groups in total. The van der Waals surface area contributed by atoms with Crippen molar-refractivity contribution in [1.29, 1.82) is 0 Å². The second-order valence-electron chi connectivity index (χ2n) is 6.19. The number of oxazole rings is 1. The zero-order chi connectivity index (χ0) is 21.8. The number of para-hydroxylation sites is 2. The number of anilines is 2. The maximum absolute atomic E-state index is 12.3. The topological polar surface area (TPSA) is 119 Å². The van der Waals surface area contributed by atoms with Gasteiger partial charge in [0, 0.05) is 10.7 Å². The quantitative estimate of drug-likeness (QED) is 0.310. The number of fused-ring (bicyclic) bond motifs is 1.